The maximum atomic E-state index is 12.4. The first-order chi connectivity index (χ1) is 8.84. The van der Waals surface area contributed by atoms with Gasteiger partial charge in [-0.3, -0.25) is 4.79 Å². The van der Waals surface area contributed by atoms with Crippen molar-refractivity contribution < 1.29 is 4.79 Å². The van der Waals surface area contributed by atoms with Crippen LogP contribution in [0, 0.1) is 5.92 Å². The van der Waals surface area contributed by atoms with Gasteiger partial charge in [0.05, 0.1) is 0 Å². The standard InChI is InChI=1S/C13H20N4O/c18-13(16-6-2-1-3-7-16)11-4-5-12(8-11)17-9-14-15-10-17/h9-12H,1-8H2/t11-,12-/m1/s1. The highest BCUT2D eigenvalue weighted by atomic mass is 16.2. The van der Waals surface area contributed by atoms with Gasteiger partial charge in [0, 0.05) is 25.0 Å². The van der Waals surface area contributed by atoms with Crippen molar-refractivity contribution in [2.45, 2.75) is 44.6 Å². The molecular formula is C13H20N4O. The van der Waals surface area contributed by atoms with Crippen molar-refractivity contribution in [3.8, 4) is 0 Å². The second-order valence-electron chi connectivity index (χ2n) is 5.46. The summed E-state index contributed by atoms with van der Waals surface area (Å²) in [5.74, 6) is 0.598. The Kier molecular flexibility index (Phi) is 3.30. The molecule has 0 unspecified atom stereocenters. The molecule has 1 aliphatic heterocycles. The van der Waals surface area contributed by atoms with Gasteiger partial charge in [-0.15, -0.1) is 10.2 Å². The van der Waals surface area contributed by atoms with E-state index in [0.717, 1.165) is 32.4 Å². The third-order valence-electron chi connectivity index (χ3n) is 4.28. The fourth-order valence-electron chi connectivity index (χ4n) is 3.22. The van der Waals surface area contributed by atoms with E-state index in [1.165, 1.54) is 19.3 Å². The van der Waals surface area contributed by atoms with Gasteiger partial charge in [0.25, 0.3) is 0 Å². The number of piperidine rings is 1. The molecule has 3 rings (SSSR count). The van der Waals surface area contributed by atoms with E-state index in [4.69, 9.17) is 0 Å². The second kappa shape index (κ2) is 5.08. The molecule has 1 amide bonds. The zero-order chi connectivity index (χ0) is 12.4. The van der Waals surface area contributed by atoms with Gasteiger partial charge >= 0.3 is 0 Å². The smallest absolute Gasteiger partial charge is 0.225 e. The monoisotopic (exact) mass is 248 g/mol. The molecule has 0 radical (unpaired) electrons. The van der Waals surface area contributed by atoms with Crippen LogP contribution >= 0.6 is 0 Å². The molecule has 1 saturated heterocycles. The van der Waals surface area contributed by atoms with Crippen molar-refractivity contribution in [2.24, 2.45) is 5.92 Å². The summed E-state index contributed by atoms with van der Waals surface area (Å²) < 4.78 is 2.05. The van der Waals surface area contributed by atoms with Crippen LogP contribution in [0.4, 0.5) is 0 Å². The Morgan fingerprint density at radius 2 is 1.78 bits per heavy atom. The Morgan fingerprint density at radius 3 is 2.50 bits per heavy atom. The van der Waals surface area contributed by atoms with Gasteiger partial charge in [-0.2, -0.15) is 0 Å². The molecule has 0 spiro atoms. The van der Waals surface area contributed by atoms with Crippen molar-refractivity contribution in [3.05, 3.63) is 12.7 Å². The molecule has 2 heterocycles. The number of likely N-dealkylation sites (tertiary alicyclic amines) is 1. The molecule has 0 bridgehead atoms. The molecule has 1 aliphatic carbocycles. The lowest BCUT2D eigenvalue weighted by Crippen LogP contribution is -2.39. The van der Waals surface area contributed by atoms with Crippen molar-refractivity contribution in [1.29, 1.82) is 0 Å². The van der Waals surface area contributed by atoms with Gasteiger partial charge in [0.15, 0.2) is 0 Å². The normalized spacial score (nSPS) is 28.6. The molecule has 98 valence electrons. The number of carbonyl (C=O) groups excluding carboxylic acids is 1. The first kappa shape index (κ1) is 11.7. The summed E-state index contributed by atoms with van der Waals surface area (Å²) in [6.07, 6.45) is 10.2. The molecule has 2 atom stereocenters. The minimum Gasteiger partial charge on any atom is -0.342 e. The van der Waals surface area contributed by atoms with Crippen molar-refractivity contribution in [2.75, 3.05) is 13.1 Å². The number of amides is 1. The molecule has 1 aromatic heterocycles. The van der Waals surface area contributed by atoms with Crippen molar-refractivity contribution in [3.63, 3.8) is 0 Å². The molecule has 5 heteroatoms. The van der Waals surface area contributed by atoms with E-state index >= 15 is 0 Å². The van der Waals surface area contributed by atoms with E-state index in [-0.39, 0.29) is 5.92 Å². The maximum Gasteiger partial charge on any atom is 0.225 e. The summed E-state index contributed by atoms with van der Waals surface area (Å²) in [6.45, 7) is 1.93. The molecule has 2 fully saturated rings. The van der Waals surface area contributed by atoms with Crippen LogP contribution in [0.25, 0.3) is 0 Å². The fraction of sp³-hybridized carbons (Fsp3) is 0.769. The molecule has 2 aliphatic rings. The Hall–Kier alpha value is -1.39. The first-order valence-corrected chi connectivity index (χ1v) is 6.97. The van der Waals surface area contributed by atoms with E-state index in [2.05, 4.69) is 15.1 Å². The van der Waals surface area contributed by atoms with Crippen LogP contribution in [0.3, 0.4) is 0 Å². The van der Waals surface area contributed by atoms with Gasteiger partial charge in [-0.25, -0.2) is 0 Å². The predicted molar refractivity (Wildman–Crippen MR) is 66.8 cm³/mol. The topological polar surface area (TPSA) is 51.0 Å². The summed E-state index contributed by atoms with van der Waals surface area (Å²) in [6, 6.07) is 0.416. The van der Waals surface area contributed by atoms with Crippen LogP contribution in [-0.4, -0.2) is 38.7 Å². The number of hydrogen-bond acceptors (Lipinski definition) is 3. The molecule has 0 aromatic carbocycles. The highest BCUT2D eigenvalue weighted by molar-refractivity contribution is 5.79. The predicted octanol–water partition coefficient (Wildman–Crippen LogP) is 1.63. The minimum absolute atomic E-state index is 0.218. The van der Waals surface area contributed by atoms with Crippen LogP contribution in [0.2, 0.25) is 0 Å². The first-order valence-electron chi connectivity index (χ1n) is 6.97. The van der Waals surface area contributed by atoms with Crippen molar-refractivity contribution in [1.82, 2.24) is 19.7 Å². The largest absolute Gasteiger partial charge is 0.342 e. The van der Waals surface area contributed by atoms with Crippen molar-refractivity contribution >= 4 is 5.91 Å². The summed E-state index contributed by atoms with van der Waals surface area (Å²) in [5, 5.41) is 7.69. The van der Waals surface area contributed by atoms with E-state index in [0.29, 0.717) is 11.9 Å². The quantitative estimate of drug-likeness (QED) is 0.799. The van der Waals surface area contributed by atoms with Gasteiger partial charge < -0.3 is 9.47 Å². The highest BCUT2D eigenvalue weighted by Crippen LogP contribution is 2.35. The molecule has 5 nitrogen and oxygen atoms in total. The van der Waals surface area contributed by atoms with Gasteiger partial charge in [-0.1, -0.05) is 0 Å². The number of rotatable bonds is 2. The minimum atomic E-state index is 0.218. The number of hydrogen-bond donors (Lipinski definition) is 0. The zero-order valence-electron chi connectivity index (χ0n) is 10.7. The van der Waals surface area contributed by atoms with Crippen LogP contribution in [0.1, 0.15) is 44.6 Å². The van der Waals surface area contributed by atoms with Crippen LogP contribution in [0.5, 0.6) is 0 Å². The van der Waals surface area contributed by atoms with Crippen LogP contribution < -0.4 is 0 Å². The number of carbonyl (C=O) groups is 1. The number of nitrogens with zero attached hydrogens (tertiary/aromatic N) is 4. The SMILES string of the molecule is O=C([C@@H]1CC[C@@H](n2cnnc2)C1)N1CCCCC1. The van der Waals surface area contributed by atoms with E-state index in [1.807, 2.05) is 4.57 Å². The summed E-state index contributed by atoms with van der Waals surface area (Å²) in [7, 11) is 0. The van der Waals surface area contributed by atoms with Crippen LogP contribution in [0.15, 0.2) is 12.7 Å². The van der Waals surface area contributed by atoms with Crippen LogP contribution in [-0.2, 0) is 4.79 Å². The summed E-state index contributed by atoms with van der Waals surface area (Å²) in [5.41, 5.74) is 0. The lowest BCUT2D eigenvalue weighted by molar-refractivity contribution is -0.136. The molecule has 18 heavy (non-hydrogen) atoms. The Bertz CT molecular complexity index is 397. The third-order valence-corrected chi connectivity index (χ3v) is 4.28. The summed E-state index contributed by atoms with van der Waals surface area (Å²) in [4.78, 5) is 14.5. The van der Waals surface area contributed by atoms with Gasteiger partial charge in [0.1, 0.15) is 12.7 Å². The zero-order valence-corrected chi connectivity index (χ0v) is 10.7. The molecular weight excluding hydrogens is 228 g/mol. The number of aromatic nitrogens is 3. The molecule has 0 N–H and O–H groups in total. The Labute approximate surface area is 107 Å². The lowest BCUT2D eigenvalue weighted by Gasteiger charge is -2.29. The van der Waals surface area contributed by atoms with E-state index in [9.17, 15) is 4.79 Å². The highest BCUT2D eigenvalue weighted by Gasteiger charge is 2.33. The average molecular weight is 248 g/mol. The fourth-order valence-corrected chi connectivity index (χ4v) is 3.22. The summed E-state index contributed by atoms with van der Waals surface area (Å²) >= 11 is 0. The Balaban J connectivity index is 1.59. The van der Waals surface area contributed by atoms with E-state index in [1.54, 1.807) is 12.7 Å². The maximum absolute atomic E-state index is 12.4. The third kappa shape index (κ3) is 2.26. The Morgan fingerprint density at radius 1 is 1.06 bits per heavy atom. The molecule has 1 saturated carbocycles. The molecule has 1 aromatic rings. The second-order valence-corrected chi connectivity index (χ2v) is 5.46. The van der Waals surface area contributed by atoms with Gasteiger partial charge in [-0.05, 0) is 38.5 Å². The average Bonchev–Trinajstić information content (AvgIpc) is 3.09. The van der Waals surface area contributed by atoms with Gasteiger partial charge in [0.2, 0.25) is 5.91 Å². The van der Waals surface area contributed by atoms with E-state index < -0.39 is 0 Å². The lowest BCUT2D eigenvalue weighted by atomic mass is 10.0.